The highest BCUT2D eigenvalue weighted by Gasteiger charge is 2.10. The smallest absolute Gasteiger partial charge is 0.126 e. The molecule has 0 spiro atoms. The summed E-state index contributed by atoms with van der Waals surface area (Å²) in [6, 6.07) is 4.57. The second kappa shape index (κ2) is 5.47. The maximum atomic E-state index is 13.3. The topological polar surface area (TPSA) is 20.2 Å². The summed E-state index contributed by atoms with van der Waals surface area (Å²) in [6.45, 7) is 3.73. The van der Waals surface area contributed by atoms with Crippen molar-refractivity contribution in [3.05, 3.63) is 34.6 Å². The molecule has 84 valence electrons. The Bertz CT molecular complexity index is 325. The van der Waals surface area contributed by atoms with E-state index in [4.69, 9.17) is 11.6 Å². The summed E-state index contributed by atoms with van der Waals surface area (Å²) in [4.78, 5) is 0. The van der Waals surface area contributed by atoms with Crippen molar-refractivity contribution in [3.63, 3.8) is 0 Å². The van der Waals surface area contributed by atoms with Crippen molar-refractivity contribution >= 4 is 11.6 Å². The first kappa shape index (κ1) is 12.5. The van der Waals surface area contributed by atoms with Crippen LogP contribution in [0.2, 0.25) is 5.02 Å². The van der Waals surface area contributed by atoms with Gasteiger partial charge in [0.1, 0.15) is 5.82 Å². The van der Waals surface area contributed by atoms with Gasteiger partial charge in [0.05, 0.1) is 6.10 Å². The van der Waals surface area contributed by atoms with E-state index in [-0.39, 0.29) is 17.8 Å². The maximum absolute atomic E-state index is 13.3. The van der Waals surface area contributed by atoms with Crippen LogP contribution in [-0.4, -0.2) is 11.2 Å². The van der Waals surface area contributed by atoms with Gasteiger partial charge in [0.25, 0.3) is 0 Å². The highest BCUT2D eigenvalue weighted by atomic mass is 35.5. The zero-order valence-corrected chi connectivity index (χ0v) is 9.76. The highest BCUT2D eigenvalue weighted by Crippen LogP contribution is 2.20. The van der Waals surface area contributed by atoms with E-state index < -0.39 is 0 Å². The minimum absolute atomic E-state index is 0.225. The summed E-state index contributed by atoms with van der Waals surface area (Å²) in [5.74, 6) is 0.0230. The van der Waals surface area contributed by atoms with Crippen molar-refractivity contribution in [1.82, 2.24) is 0 Å². The van der Waals surface area contributed by atoms with Gasteiger partial charge in [-0.25, -0.2) is 4.39 Å². The van der Waals surface area contributed by atoms with E-state index in [0.29, 0.717) is 23.4 Å². The molecule has 0 amide bonds. The third-order valence-electron chi connectivity index (χ3n) is 2.32. The molecule has 0 radical (unpaired) electrons. The Labute approximate surface area is 94.9 Å². The Morgan fingerprint density at radius 2 is 2.07 bits per heavy atom. The lowest BCUT2D eigenvalue weighted by atomic mass is 9.96. The van der Waals surface area contributed by atoms with E-state index in [1.807, 2.05) is 6.92 Å². The summed E-state index contributed by atoms with van der Waals surface area (Å²) >= 11 is 5.79. The second-order valence-electron chi connectivity index (χ2n) is 4.13. The Morgan fingerprint density at radius 1 is 1.40 bits per heavy atom. The first-order valence-corrected chi connectivity index (χ1v) is 5.49. The van der Waals surface area contributed by atoms with Gasteiger partial charge in [0, 0.05) is 5.02 Å². The van der Waals surface area contributed by atoms with Crippen LogP contribution in [0.3, 0.4) is 0 Å². The average Bonchev–Trinajstić information content (AvgIpc) is 2.10. The predicted octanol–water partition coefficient (Wildman–Crippen LogP) is 3.43. The predicted molar refractivity (Wildman–Crippen MR) is 60.6 cm³/mol. The third-order valence-corrected chi connectivity index (χ3v) is 2.55. The second-order valence-corrected chi connectivity index (χ2v) is 4.57. The van der Waals surface area contributed by atoms with Gasteiger partial charge in [-0.15, -0.1) is 0 Å². The molecule has 15 heavy (non-hydrogen) atoms. The zero-order chi connectivity index (χ0) is 11.4. The van der Waals surface area contributed by atoms with E-state index in [9.17, 15) is 9.50 Å². The fourth-order valence-electron chi connectivity index (χ4n) is 1.74. The average molecular weight is 231 g/mol. The van der Waals surface area contributed by atoms with Crippen LogP contribution in [0.5, 0.6) is 0 Å². The fourth-order valence-corrected chi connectivity index (χ4v) is 1.94. The van der Waals surface area contributed by atoms with Crippen molar-refractivity contribution in [3.8, 4) is 0 Å². The Morgan fingerprint density at radius 3 is 2.67 bits per heavy atom. The van der Waals surface area contributed by atoms with E-state index >= 15 is 0 Å². The molecule has 3 heteroatoms. The number of hydrogen-bond acceptors (Lipinski definition) is 1. The van der Waals surface area contributed by atoms with Crippen molar-refractivity contribution in [2.45, 2.75) is 32.8 Å². The SMILES string of the molecule is CC(O)CC(C)Cc1cc(Cl)ccc1F. The summed E-state index contributed by atoms with van der Waals surface area (Å²) in [6.07, 6.45) is 0.936. The molecule has 1 rings (SSSR count). The largest absolute Gasteiger partial charge is 0.393 e. The molecule has 0 saturated carbocycles. The number of hydrogen-bond donors (Lipinski definition) is 1. The van der Waals surface area contributed by atoms with Crippen LogP contribution >= 0.6 is 11.6 Å². The Hall–Kier alpha value is -0.600. The molecule has 0 aliphatic carbocycles. The van der Waals surface area contributed by atoms with Gasteiger partial charge in [0.15, 0.2) is 0 Å². The van der Waals surface area contributed by atoms with Gasteiger partial charge in [-0.05, 0) is 49.4 Å². The molecule has 1 N–H and O–H groups in total. The van der Waals surface area contributed by atoms with Crippen LogP contribution in [0.1, 0.15) is 25.8 Å². The Balaban J connectivity index is 2.67. The van der Waals surface area contributed by atoms with Crippen molar-refractivity contribution in [1.29, 1.82) is 0 Å². The van der Waals surface area contributed by atoms with Crippen LogP contribution in [0.15, 0.2) is 18.2 Å². The number of benzene rings is 1. The van der Waals surface area contributed by atoms with Gasteiger partial charge >= 0.3 is 0 Å². The van der Waals surface area contributed by atoms with Crippen LogP contribution in [0, 0.1) is 11.7 Å². The lowest BCUT2D eigenvalue weighted by Gasteiger charge is -2.13. The number of rotatable bonds is 4. The standard InChI is InChI=1S/C12H16ClFO/c1-8(5-9(2)15)6-10-7-11(13)3-4-12(10)14/h3-4,7-9,15H,5-6H2,1-2H3. The molecule has 1 nitrogen and oxygen atoms in total. The highest BCUT2D eigenvalue weighted by molar-refractivity contribution is 6.30. The lowest BCUT2D eigenvalue weighted by molar-refractivity contribution is 0.164. The van der Waals surface area contributed by atoms with E-state index in [2.05, 4.69) is 0 Å². The molecule has 2 atom stereocenters. The molecule has 0 aromatic heterocycles. The van der Waals surface area contributed by atoms with Crippen molar-refractivity contribution in [2.24, 2.45) is 5.92 Å². The van der Waals surface area contributed by atoms with Gasteiger partial charge in [-0.3, -0.25) is 0 Å². The van der Waals surface area contributed by atoms with Gasteiger partial charge in [0.2, 0.25) is 0 Å². The number of halogens is 2. The van der Waals surface area contributed by atoms with E-state index in [1.165, 1.54) is 6.07 Å². The zero-order valence-electron chi connectivity index (χ0n) is 9.00. The molecular formula is C12H16ClFO. The first-order valence-electron chi connectivity index (χ1n) is 5.11. The maximum Gasteiger partial charge on any atom is 0.126 e. The van der Waals surface area contributed by atoms with Crippen LogP contribution in [0.4, 0.5) is 4.39 Å². The minimum atomic E-state index is -0.345. The minimum Gasteiger partial charge on any atom is -0.393 e. The Kier molecular flexibility index (Phi) is 4.55. The normalized spacial score (nSPS) is 15.0. The fraction of sp³-hybridized carbons (Fsp3) is 0.500. The monoisotopic (exact) mass is 230 g/mol. The van der Waals surface area contributed by atoms with Gasteiger partial charge < -0.3 is 5.11 Å². The molecule has 0 aliphatic heterocycles. The van der Waals surface area contributed by atoms with Gasteiger partial charge in [-0.1, -0.05) is 18.5 Å². The molecule has 1 aromatic rings. The van der Waals surface area contributed by atoms with Crippen molar-refractivity contribution < 1.29 is 9.50 Å². The molecule has 1 aromatic carbocycles. The third kappa shape index (κ3) is 4.18. The van der Waals surface area contributed by atoms with Crippen LogP contribution in [-0.2, 0) is 6.42 Å². The van der Waals surface area contributed by atoms with Crippen LogP contribution < -0.4 is 0 Å². The molecule has 0 fully saturated rings. The number of aliphatic hydroxyl groups excluding tert-OH is 1. The van der Waals surface area contributed by atoms with E-state index in [1.54, 1.807) is 19.1 Å². The number of aliphatic hydroxyl groups is 1. The molecular weight excluding hydrogens is 215 g/mol. The lowest BCUT2D eigenvalue weighted by Crippen LogP contribution is -2.10. The molecule has 0 aliphatic rings. The summed E-state index contributed by atoms with van der Waals surface area (Å²) in [5.41, 5.74) is 0.621. The summed E-state index contributed by atoms with van der Waals surface area (Å²) < 4.78 is 13.3. The summed E-state index contributed by atoms with van der Waals surface area (Å²) in [7, 11) is 0. The van der Waals surface area contributed by atoms with Gasteiger partial charge in [-0.2, -0.15) is 0 Å². The molecule has 0 bridgehead atoms. The van der Waals surface area contributed by atoms with Crippen molar-refractivity contribution in [2.75, 3.05) is 0 Å². The quantitative estimate of drug-likeness (QED) is 0.840. The molecule has 0 heterocycles. The van der Waals surface area contributed by atoms with E-state index in [0.717, 1.165) is 0 Å². The molecule has 0 saturated heterocycles. The summed E-state index contributed by atoms with van der Waals surface area (Å²) in [5, 5.41) is 9.76. The first-order chi connectivity index (χ1) is 6.99. The molecule has 2 unspecified atom stereocenters. The van der Waals surface area contributed by atoms with Crippen LogP contribution in [0.25, 0.3) is 0 Å².